The molecule has 1 amide bonds. The molecule has 0 aliphatic rings. The molecule has 0 rings (SSSR count). The molecular weight excluding hydrogens is 154 g/mol. The van der Waals surface area contributed by atoms with Crippen LogP contribution >= 0.6 is 0 Å². The summed E-state index contributed by atoms with van der Waals surface area (Å²) in [5, 5.41) is 2.71. The highest BCUT2D eigenvalue weighted by Crippen LogP contribution is 1.99. The maximum absolute atomic E-state index is 10.9. The topological polar surface area (TPSA) is 46.2 Å². The molecule has 0 radical (unpaired) electrons. The van der Waals surface area contributed by atoms with Crippen LogP contribution in [0.4, 0.5) is 0 Å². The van der Waals surface area contributed by atoms with Gasteiger partial charge in [-0.1, -0.05) is 0 Å². The molecule has 0 spiro atoms. The average Bonchev–Trinajstić information content (AvgIpc) is 1.98. The fraction of sp³-hybridized carbons (Fsp3) is 0.778. The summed E-state index contributed by atoms with van der Waals surface area (Å²) < 4.78 is 0. The number of hydrogen-bond acceptors (Lipinski definition) is 2. The fourth-order valence-corrected chi connectivity index (χ4v) is 0.945. The van der Waals surface area contributed by atoms with Gasteiger partial charge in [-0.2, -0.15) is 0 Å². The average molecular weight is 171 g/mol. The summed E-state index contributed by atoms with van der Waals surface area (Å²) in [6.45, 7) is 4.16. The molecule has 3 nitrogen and oxygen atoms in total. The summed E-state index contributed by atoms with van der Waals surface area (Å²) in [6, 6.07) is 0. The number of rotatable bonds is 6. The van der Waals surface area contributed by atoms with E-state index in [0.717, 1.165) is 12.8 Å². The van der Waals surface area contributed by atoms with E-state index in [2.05, 4.69) is 5.32 Å². The number of hydrogen-bond donors (Lipinski definition) is 1. The van der Waals surface area contributed by atoms with E-state index in [1.54, 1.807) is 6.92 Å². The maximum atomic E-state index is 10.9. The number of nitrogens with one attached hydrogen (secondary N) is 1. The molecule has 12 heavy (non-hydrogen) atoms. The molecule has 0 aromatic carbocycles. The zero-order valence-corrected chi connectivity index (χ0v) is 7.85. The van der Waals surface area contributed by atoms with Gasteiger partial charge in [-0.05, 0) is 26.7 Å². The molecule has 0 fully saturated rings. The van der Waals surface area contributed by atoms with E-state index in [0.29, 0.717) is 19.4 Å². The van der Waals surface area contributed by atoms with Gasteiger partial charge in [0.05, 0.1) is 0 Å². The summed E-state index contributed by atoms with van der Waals surface area (Å²) in [7, 11) is 0. The maximum Gasteiger partial charge on any atom is 0.219 e. The van der Waals surface area contributed by atoms with Crippen molar-refractivity contribution in [1.82, 2.24) is 5.32 Å². The molecule has 0 aliphatic carbocycles. The van der Waals surface area contributed by atoms with Crippen LogP contribution in [-0.2, 0) is 9.59 Å². The van der Waals surface area contributed by atoms with Gasteiger partial charge in [0.2, 0.25) is 5.91 Å². The molecule has 0 aromatic rings. The zero-order valence-electron chi connectivity index (χ0n) is 7.85. The molecule has 0 aliphatic heterocycles. The Morgan fingerprint density at radius 2 is 1.75 bits per heavy atom. The van der Waals surface area contributed by atoms with Crippen molar-refractivity contribution in [2.45, 2.75) is 39.5 Å². The lowest BCUT2D eigenvalue weighted by Crippen LogP contribution is -2.22. The molecule has 0 aromatic heterocycles. The third-order valence-corrected chi connectivity index (χ3v) is 1.56. The van der Waals surface area contributed by atoms with Crippen LogP contribution in [0.1, 0.15) is 39.5 Å². The van der Waals surface area contributed by atoms with E-state index >= 15 is 0 Å². The highest BCUT2D eigenvalue weighted by Gasteiger charge is 1.99. The second-order valence-electron chi connectivity index (χ2n) is 2.86. The monoisotopic (exact) mass is 171 g/mol. The summed E-state index contributed by atoms with van der Waals surface area (Å²) in [4.78, 5) is 21.4. The van der Waals surface area contributed by atoms with Gasteiger partial charge in [0.15, 0.2) is 0 Å². The van der Waals surface area contributed by atoms with Gasteiger partial charge < -0.3 is 10.1 Å². The first-order chi connectivity index (χ1) is 5.66. The van der Waals surface area contributed by atoms with E-state index in [9.17, 15) is 9.59 Å². The largest absolute Gasteiger partial charge is 0.356 e. The Kier molecular flexibility index (Phi) is 6.34. The molecule has 0 atom stereocenters. The van der Waals surface area contributed by atoms with Crippen molar-refractivity contribution in [2.24, 2.45) is 0 Å². The molecular formula is C9H17NO2. The highest BCUT2D eigenvalue weighted by molar-refractivity contribution is 5.76. The van der Waals surface area contributed by atoms with Gasteiger partial charge in [0, 0.05) is 19.4 Å². The number of ketones is 1. The van der Waals surface area contributed by atoms with Crippen LogP contribution in [0.3, 0.4) is 0 Å². The smallest absolute Gasteiger partial charge is 0.219 e. The van der Waals surface area contributed by atoms with Gasteiger partial charge in [0.1, 0.15) is 5.78 Å². The minimum Gasteiger partial charge on any atom is -0.356 e. The predicted molar refractivity (Wildman–Crippen MR) is 47.8 cm³/mol. The van der Waals surface area contributed by atoms with Crippen LogP contribution in [0.25, 0.3) is 0 Å². The molecule has 0 bridgehead atoms. The van der Waals surface area contributed by atoms with E-state index in [4.69, 9.17) is 0 Å². The van der Waals surface area contributed by atoms with Crippen molar-refractivity contribution in [3.63, 3.8) is 0 Å². The van der Waals surface area contributed by atoms with Crippen molar-refractivity contribution in [1.29, 1.82) is 0 Å². The third-order valence-electron chi connectivity index (χ3n) is 1.56. The van der Waals surface area contributed by atoms with Crippen molar-refractivity contribution in [2.75, 3.05) is 6.54 Å². The fourth-order valence-electron chi connectivity index (χ4n) is 0.945. The van der Waals surface area contributed by atoms with Gasteiger partial charge in [-0.25, -0.2) is 0 Å². The Bertz CT molecular complexity index is 155. The van der Waals surface area contributed by atoms with Crippen LogP contribution in [0.2, 0.25) is 0 Å². The molecule has 0 saturated heterocycles. The van der Waals surface area contributed by atoms with Crippen molar-refractivity contribution in [3.05, 3.63) is 0 Å². The van der Waals surface area contributed by atoms with Gasteiger partial charge in [-0.3, -0.25) is 4.79 Å². The first-order valence-corrected chi connectivity index (χ1v) is 4.43. The van der Waals surface area contributed by atoms with Crippen LogP contribution in [-0.4, -0.2) is 18.2 Å². The zero-order chi connectivity index (χ0) is 9.40. The van der Waals surface area contributed by atoms with Crippen LogP contribution < -0.4 is 5.32 Å². The molecule has 3 heteroatoms. The molecule has 0 saturated carbocycles. The van der Waals surface area contributed by atoms with Crippen LogP contribution in [0.15, 0.2) is 0 Å². The predicted octanol–water partition coefficient (Wildman–Crippen LogP) is 1.27. The second-order valence-corrected chi connectivity index (χ2v) is 2.86. The summed E-state index contributed by atoms with van der Waals surface area (Å²) in [6.07, 6.45) is 2.78. The summed E-state index contributed by atoms with van der Waals surface area (Å²) in [5.41, 5.74) is 0. The van der Waals surface area contributed by atoms with E-state index in [1.165, 1.54) is 0 Å². The van der Waals surface area contributed by atoms with E-state index in [1.807, 2.05) is 6.92 Å². The number of amides is 1. The van der Waals surface area contributed by atoms with Crippen LogP contribution in [0, 0.1) is 0 Å². The van der Waals surface area contributed by atoms with E-state index < -0.39 is 0 Å². The number of carbonyl (C=O) groups excluding carboxylic acids is 2. The van der Waals surface area contributed by atoms with Crippen molar-refractivity contribution in [3.8, 4) is 0 Å². The first kappa shape index (κ1) is 11.1. The Labute approximate surface area is 73.5 Å². The van der Waals surface area contributed by atoms with Gasteiger partial charge in [-0.15, -0.1) is 0 Å². The highest BCUT2D eigenvalue weighted by atomic mass is 16.1. The molecule has 0 heterocycles. The van der Waals surface area contributed by atoms with Crippen LogP contribution in [0.5, 0.6) is 0 Å². The summed E-state index contributed by atoms with van der Waals surface area (Å²) in [5.74, 6) is 0.284. The lowest BCUT2D eigenvalue weighted by atomic mass is 10.1. The molecule has 1 N–H and O–H groups in total. The normalized spacial score (nSPS) is 9.50. The second kappa shape index (κ2) is 6.83. The minimum atomic E-state index is 0.0843. The quantitative estimate of drug-likeness (QED) is 0.612. The lowest BCUT2D eigenvalue weighted by molar-refractivity contribution is -0.121. The Morgan fingerprint density at radius 1 is 1.17 bits per heavy atom. The molecule has 0 unspecified atom stereocenters. The third kappa shape index (κ3) is 7.25. The molecule has 70 valence electrons. The number of unbranched alkanes of at least 4 members (excludes halogenated alkanes) is 1. The van der Waals surface area contributed by atoms with Crippen molar-refractivity contribution < 1.29 is 9.59 Å². The Balaban J connectivity index is 3.19. The minimum absolute atomic E-state index is 0.0843. The van der Waals surface area contributed by atoms with E-state index in [-0.39, 0.29) is 11.7 Å². The van der Waals surface area contributed by atoms with Gasteiger partial charge in [0.25, 0.3) is 0 Å². The summed E-state index contributed by atoms with van der Waals surface area (Å²) >= 11 is 0. The standard InChI is InChI=1S/C9H17NO2/c1-3-10-9(12)7-5-4-6-8(2)11/h3-7H2,1-2H3,(H,10,12). The Hall–Kier alpha value is -0.860. The number of Topliss-reactive ketones (excluding diaryl/α,β-unsaturated/α-hetero) is 1. The SMILES string of the molecule is CCNC(=O)CCCCC(C)=O. The van der Waals surface area contributed by atoms with Gasteiger partial charge >= 0.3 is 0 Å². The van der Waals surface area contributed by atoms with Crippen molar-refractivity contribution >= 4 is 11.7 Å². The first-order valence-electron chi connectivity index (χ1n) is 4.43. The lowest BCUT2D eigenvalue weighted by Gasteiger charge is -2.00. The Morgan fingerprint density at radius 3 is 2.25 bits per heavy atom. The number of carbonyl (C=O) groups is 2.